The summed E-state index contributed by atoms with van der Waals surface area (Å²) in [5.74, 6) is 5.18. The molecule has 7 nitrogen and oxygen atoms in total. The number of hydrogen-bond donors (Lipinski definition) is 4. The number of likely N-dealkylation sites (N-methyl/N-ethyl adjacent to an activating group) is 1. The van der Waals surface area contributed by atoms with E-state index in [0.29, 0.717) is 12.4 Å². The van der Waals surface area contributed by atoms with Crippen molar-refractivity contribution in [1.82, 2.24) is 15.6 Å². The minimum Gasteiger partial charge on any atom is -0.355 e. The highest BCUT2D eigenvalue weighted by atomic mass is 16.2. The molecule has 5 N–H and O–H groups in total. The van der Waals surface area contributed by atoms with E-state index in [9.17, 15) is 9.59 Å². The van der Waals surface area contributed by atoms with Gasteiger partial charge in [-0.05, 0) is 18.4 Å². The third kappa shape index (κ3) is 3.46. The molecule has 0 atom stereocenters. The number of anilines is 1. The zero-order chi connectivity index (χ0) is 15.2. The number of rotatable bonds is 5. The summed E-state index contributed by atoms with van der Waals surface area (Å²) in [7, 11) is 0. The van der Waals surface area contributed by atoms with Crippen molar-refractivity contribution < 1.29 is 9.59 Å². The summed E-state index contributed by atoms with van der Waals surface area (Å²) in [5, 5.41) is 6.77. The average Bonchev–Trinajstić information content (AvgIpc) is 2.51. The van der Waals surface area contributed by atoms with Crippen molar-refractivity contribution in [2.45, 2.75) is 6.92 Å². The SMILES string of the molecule is CCNC(=O)CNC(=O)c1cc2ccccc2c(NN)n1. The van der Waals surface area contributed by atoms with Crippen LogP contribution in [0.1, 0.15) is 17.4 Å². The number of aromatic nitrogens is 1. The number of nitrogen functional groups attached to an aromatic ring is 1. The molecule has 0 radical (unpaired) electrons. The maximum Gasteiger partial charge on any atom is 0.270 e. The van der Waals surface area contributed by atoms with Crippen LogP contribution in [0.4, 0.5) is 5.82 Å². The van der Waals surface area contributed by atoms with Crippen molar-refractivity contribution in [2.24, 2.45) is 5.84 Å². The molecule has 2 aromatic rings. The molecule has 1 heterocycles. The Balaban J connectivity index is 2.21. The molecule has 21 heavy (non-hydrogen) atoms. The lowest BCUT2D eigenvalue weighted by atomic mass is 10.1. The molecule has 0 aliphatic rings. The van der Waals surface area contributed by atoms with Gasteiger partial charge in [-0.15, -0.1) is 0 Å². The topological polar surface area (TPSA) is 109 Å². The largest absolute Gasteiger partial charge is 0.355 e. The quantitative estimate of drug-likeness (QED) is 0.470. The van der Waals surface area contributed by atoms with Gasteiger partial charge in [-0.3, -0.25) is 9.59 Å². The first-order valence-corrected chi connectivity index (χ1v) is 6.57. The van der Waals surface area contributed by atoms with Gasteiger partial charge < -0.3 is 16.1 Å². The van der Waals surface area contributed by atoms with Crippen LogP contribution in [0, 0.1) is 0 Å². The Morgan fingerprint density at radius 1 is 1.24 bits per heavy atom. The summed E-state index contributed by atoms with van der Waals surface area (Å²) in [4.78, 5) is 27.5. The number of fused-ring (bicyclic) bond motifs is 1. The fraction of sp³-hybridized carbons (Fsp3) is 0.214. The lowest BCUT2D eigenvalue weighted by Crippen LogP contribution is -2.37. The molecule has 1 aromatic carbocycles. The Labute approximate surface area is 121 Å². The first-order valence-electron chi connectivity index (χ1n) is 6.57. The van der Waals surface area contributed by atoms with Crippen LogP contribution < -0.4 is 21.9 Å². The molecule has 110 valence electrons. The molecule has 0 unspecified atom stereocenters. The molecule has 0 aliphatic carbocycles. The molecule has 0 fully saturated rings. The van der Waals surface area contributed by atoms with Gasteiger partial charge in [-0.25, -0.2) is 10.8 Å². The van der Waals surface area contributed by atoms with Crippen LogP contribution in [0.25, 0.3) is 10.8 Å². The van der Waals surface area contributed by atoms with E-state index in [0.717, 1.165) is 10.8 Å². The molecule has 0 bridgehead atoms. The Bertz CT molecular complexity index is 671. The van der Waals surface area contributed by atoms with E-state index in [1.54, 1.807) is 6.07 Å². The van der Waals surface area contributed by atoms with Gasteiger partial charge >= 0.3 is 0 Å². The number of carbonyl (C=O) groups is 2. The fourth-order valence-corrected chi connectivity index (χ4v) is 1.94. The predicted molar refractivity (Wildman–Crippen MR) is 80.6 cm³/mol. The summed E-state index contributed by atoms with van der Waals surface area (Å²) < 4.78 is 0. The van der Waals surface area contributed by atoms with E-state index in [1.807, 2.05) is 31.2 Å². The lowest BCUT2D eigenvalue weighted by molar-refractivity contribution is -0.120. The average molecular weight is 287 g/mol. The number of nitrogens with one attached hydrogen (secondary N) is 3. The zero-order valence-corrected chi connectivity index (χ0v) is 11.6. The van der Waals surface area contributed by atoms with Gasteiger partial charge in [0.1, 0.15) is 11.5 Å². The van der Waals surface area contributed by atoms with Crippen molar-refractivity contribution in [1.29, 1.82) is 0 Å². The van der Waals surface area contributed by atoms with E-state index < -0.39 is 5.91 Å². The van der Waals surface area contributed by atoms with E-state index in [4.69, 9.17) is 5.84 Å². The van der Waals surface area contributed by atoms with Crippen LogP contribution in [0.3, 0.4) is 0 Å². The van der Waals surface area contributed by atoms with Crippen LogP contribution >= 0.6 is 0 Å². The van der Waals surface area contributed by atoms with Crippen LogP contribution in [0.5, 0.6) is 0 Å². The summed E-state index contributed by atoms with van der Waals surface area (Å²) in [6.45, 7) is 2.24. The zero-order valence-electron chi connectivity index (χ0n) is 11.6. The smallest absolute Gasteiger partial charge is 0.270 e. The minimum absolute atomic E-state index is 0.0907. The highest BCUT2D eigenvalue weighted by Crippen LogP contribution is 2.21. The summed E-state index contributed by atoms with van der Waals surface area (Å²) in [6, 6.07) is 9.09. The van der Waals surface area contributed by atoms with Crippen LogP contribution in [-0.2, 0) is 4.79 Å². The highest BCUT2D eigenvalue weighted by Gasteiger charge is 2.12. The number of nitrogens with two attached hydrogens (primary N) is 1. The van der Waals surface area contributed by atoms with Crippen molar-refractivity contribution in [3.05, 3.63) is 36.0 Å². The van der Waals surface area contributed by atoms with Crippen molar-refractivity contribution in [3.8, 4) is 0 Å². The number of nitrogens with zero attached hydrogens (tertiary/aromatic N) is 1. The molecule has 1 aromatic heterocycles. The second-order valence-electron chi connectivity index (χ2n) is 4.36. The van der Waals surface area contributed by atoms with E-state index >= 15 is 0 Å². The van der Waals surface area contributed by atoms with Gasteiger partial charge in [0, 0.05) is 11.9 Å². The van der Waals surface area contributed by atoms with Gasteiger partial charge in [0.25, 0.3) is 5.91 Å². The predicted octanol–water partition coefficient (Wildman–Crippen LogP) is 0.386. The van der Waals surface area contributed by atoms with Crippen LogP contribution in [0.15, 0.2) is 30.3 Å². The van der Waals surface area contributed by atoms with Gasteiger partial charge in [0.2, 0.25) is 5.91 Å². The fourth-order valence-electron chi connectivity index (χ4n) is 1.94. The Morgan fingerprint density at radius 3 is 2.71 bits per heavy atom. The number of pyridine rings is 1. The van der Waals surface area contributed by atoms with Gasteiger partial charge in [-0.1, -0.05) is 24.3 Å². The van der Waals surface area contributed by atoms with Gasteiger partial charge in [-0.2, -0.15) is 0 Å². The summed E-state index contributed by atoms with van der Waals surface area (Å²) >= 11 is 0. The van der Waals surface area contributed by atoms with E-state index in [2.05, 4.69) is 21.0 Å². The molecular formula is C14H17N5O2. The normalized spacial score (nSPS) is 10.2. The van der Waals surface area contributed by atoms with Crippen LogP contribution in [-0.4, -0.2) is 29.9 Å². The molecule has 0 aliphatic heterocycles. The number of hydrazine groups is 1. The van der Waals surface area contributed by atoms with Crippen molar-refractivity contribution >= 4 is 28.4 Å². The molecule has 0 spiro atoms. The maximum atomic E-state index is 12.0. The third-order valence-electron chi connectivity index (χ3n) is 2.89. The number of hydrogen-bond acceptors (Lipinski definition) is 5. The minimum atomic E-state index is -0.427. The molecule has 0 saturated carbocycles. The van der Waals surface area contributed by atoms with Gasteiger partial charge in [0.15, 0.2) is 0 Å². The van der Waals surface area contributed by atoms with E-state index in [-0.39, 0.29) is 18.1 Å². The number of amides is 2. The summed E-state index contributed by atoms with van der Waals surface area (Å²) in [6.07, 6.45) is 0. The standard InChI is InChI=1S/C14H17N5O2/c1-2-16-12(20)8-17-14(21)11-7-9-5-3-4-6-10(9)13(18-11)19-15/h3-7H,2,8,15H2,1H3,(H,16,20)(H,17,21)(H,18,19). The van der Waals surface area contributed by atoms with Crippen LogP contribution in [0.2, 0.25) is 0 Å². The molecule has 0 saturated heterocycles. The Kier molecular flexibility index (Phi) is 4.68. The highest BCUT2D eigenvalue weighted by molar-refractivity contribution is 6.01. The molecular weight excluding hydrogens is 270 g/mol. The number of carbonyl (C=O) groups excluding carboxylic acids is 2. The van der Waals surface area contributed by atoms with Crippen molar-refractivity contribution in [2.75, 3.05) is 18.5 Å². The van der Waals surface area contributed by atoms with Gasteiger partial charge in [0.05, 0.1) is 6.54 Å². The molecule has 7 heteroatoms. The Hall–Kier alpha value is -2.67. The van der Waals surface area contributed by atoms with E-state index in [1.165, 1.54) is 0 Å². The maximum absolute atomic E-state index is 12.0. The molecule has 2 amide bonds. The monoisotopic (exact) mass is 287 g/mol. The lowest BCUT2D eigenvalue weighted by Gasteiger charge is -2.09. The third-order valence-corrected chi connectivity index (χ3v) is 2.89. The second-order valence-corrected chi connectivity index (χ2v) is 4.36. The first kappa shape index (κ1) is 14.7. The molecule has 2 rings (SSSR count). The number of benzene rings is 1. The summed E-state index contributed by atoms with van der Waals surface area (Å²) in [5.41, 5.74) is 2.68. The Morgan fingerprint density at radius 2 is 2.00 bits per heavy atom. The van der Waals surface area contributed by atoms with Crippen molar-refractivity contribution in [3.63, 3.8) is 0 Å². The first-order chi connectivity index (χ1) is 10.2. The second kappa shape index (κ2) is 6.67.